The fourth-order valence-electron chi connectivity index (χ4n) is 4.58. The van der Waals surface area contributed by atoms with Gasteiger partial charge in [0.25, 0.3) is 0 Å². The highest BCUT2D eigenvalue weighted by Gasteiger charge is 2.33. The maximum atomic E-state index is 15.4. The average molecular weight is 530 g/mol. The van der Waals surface area contributed by atoms with Crippen LogP contribution in [0.4, 0.5) is 10.1 Å². The molecule has 3 rings (SSSR count). The molecule has 2 aromatic carbocycles. The first-order valence-corrected chi connectivity index (χ1v) is 13.1. The molecule has 1 aliphatic rings. The molecule has 38 heavy (non-hydrogen) atoms. The van der Waals surface area contributed by atoms with Crippen LogP contribution in [0.1, 0.15) is 74.5 Å². The standard InChI is InChI=1S/C29H40FN3O5/c1-7-37-23-15-19-16-33(28(31)24(19)25(30)27(23)38-8-2)17-22(35)18-13-20(29(3,4)5)26(36-6)21(14-18)32-11-9-10-12-34/h13-15,31-32,34H,7-12,16-17H2,1-6H3. The van der Waals surface area contributed by atoms with Crippen molar-refractivity contribution in [2.45, 2.75) is 59.4 Å². The molecule has 2 aromatic rings. The Morgan fingerprint density at radius 2 is 1.84 bits per heavy atom. The van der Waals surface area contributed by atoms with Gasteiger partial charge in [-0.15, -0.1) is 0 Å². The van der Waals surface area contributed by atoms with Crippen molar-refractivity contribution in [3.05, 3.63) is 46.3 Å². The Balaban J connectivity index is 1.92. The number of carbonyl (C=O) groups excluding carboxylic acids is 1. The molecule has 0 amide bonds. The van der Waals surface area contributed by atoms with Crippen molar-refractivity contribution in [1.82, 2.24) is 4.90 Å². The van der Waals surface area contributed by atoms with Crippen LogP contribution in [0.2, 0.25) is 0 Å². The second kappa shape index (κ2) is 12.5. The molecule has 0 unspecified atom stereocenters. The lowest BCUT2D eigenvalue weighted by Crippen LogP contribution is -2.30. The van der Waals surface area contributed by atoms with Crippen molar-refractivity contribution < 1.29 is 28.5 Å². The third-order valence-electron chi connectivity index (χ3n) is 6.43. The predicted octanol–water partition coefficient (Wildman–Crippen LogP) is 5.14. The zero-order chi connectivity index (χ0) is 28.0. The second-order valence-electron chi connectivity index (χ2n) is 10.3. The number of unbranched alkanes of at least 4 members (excludes halogenated alkanes) is 1. The number of methoxy groups -OCH3 is 1. The van der Waals surface area contributed by atoms with E-state index in [1.54, 1.807) is 31.1 Å². The average Bonchev–Trinajstić information content (AvgIpc) is 3.17. The number of ether oxygens (including phenoxy) is 3. The minimum atomic E-state index is -0.637. The summed E-state index contributed by atoms with van der Waals surface area (Å²) in [4.78, 5) is 15.1. The third kappa shape index (κ3) is 6.20. The number of Topliss-reactive ketones (excluding diaryl/α,β-unsaturated/α-hetero) is 1. The highest BCUT2D eigenvalue weighted by molar-refractivity contribution is 6.06. The Labute approximate surface area is 224 Å². The van der Waals surface area contributed by atoms with Gasteiger partial charge >= 0.3 is 0 Å². The van der Waals surface area contributed by atoms with Crippen LogP contribution in [0.5, 0.6) is 17.2 Å². The first-order chi connectivity index (χ1) is 18.1. The van der Waals surface area contributed by atoms with E-state index in [1.165, 1.54) is 0 Å². The fraction of sp³-hybridized carbons (Fsp3) is 0.517. The van der Waals surface area contributed by atoms with Gasteiger partial charge in [0, 0.05) is 30.8 Å². The molecule has 0 saturated carbocycles. The number of fused-ring (bicyclic) bond motifs is 1. The summed E-state index contributed by atoms with van der Waals surface area (Å²) in [5, 5.41) is 21.1. The van der Waals surface area contributed by atoms with Gasteiger partial charge in [0.15, 0.2) is 23.1 Å². The Kier molecular flexibility index (Phi) is 9.60. The summed E-state index contributed by atoms with van der Waals surface area (Å²) in [5.74, 6) is 0.0858. The lowest BCUT2D eigenvalue weighted by atomic mass is 9.84. The molecule has 0 atom stereocenters. The Morgan fingerprint density at radius 1 is 1.13 bits per heavy atom. The maximum Gasteiger partial charge on any atom is 0.197 e. The van der Waals surface area contributed by atoms with Crippen LogP contribution in [-0.4, -0.2) is 61.6 Å². The first-order valence-electron chi connectivity index (χ1n) is 13.1. The fourth-order valence-corrected chi connectivity index (χ4v) is 4.58. The molecule has 8 nitrogen and oxygen atoms in total. The number of halogens is 1. The Hall–Kier alpha value is -3.33. The molecule has 0 aliphatic carbocycles. The van der Waals surface area contributed by atoms with Gasteiger partial charge in [-0.25, -0.2) is 4.39 Å². The first kappa shape index (κ1) is 29.2. The number of aliphatic hydroxyl groups is 1. The number of rotatable bonds is 13. The van der Waals surface area contributed by atoms with Gasteiger partial charge in [-0.2, -0.15) is 0 Å². The summed E-state index contributed by atoms with van der Waals surface area (Å²) in [6, 6.07) is 5.31. The van der Waals surface area contributed by atoms with Crippen LogP contribution < -0.4 is 19.5 Å². The van der Waals surface area contributed by atoms with Gasteiger partial charge in [0.1, 0.15) is 11.6 Å². The molecule has 1 aliphatic heterocycles. The number of nitrogens with zero attached hydrogens (tertiary/aromatic N) is 1. The van der Waals surface area contributed by atoms with Crippen molar-refractivity contribution in [2.75, 3.05) is 45.3 Å². The van der Waals surface area contributed by atoms with Gasteiger partial charge in [0.05, 0.1) is 38.1 Å². The smallest absolute Gasteiger partial charge is 0.197 e. The SMILES string of the molecule is CCOc1cc2c(c(F)c1OCC)C(=N)N(CC(=O)c1cc(NCCCCO)c(OC)c(C(C)(C)C)c1)C2. The molecule has 0 spiro atoms. The summed E-state index contributed by atoms with van der Waals surface area (Å²) in [5.41, 5.74) is 2.49. The van der Waals surface area contributed by atoms with Crippen LogP contribution in [0.15, 0.2) is 18.2 Å². The number of benzene rings is 2. The molecule has 1 heterocycles. The minimum Gasteiger partial charge on any atom is -0.494 e. The van der Waals surface area contributed by atoms with E-state index in [9.17, 15) is 4.79 Å². The minimum absolute atomic E-state index is 0.00656. The lowest BCUT2D eigenvalue weighted by Gasteiger charge is -2.26. The largest absolute Gasteiger partial charge is 0.494 e. The highest BCUT2D eigenvalue weighted by atomic mass is 19.1. The van der Waals surface area contributed by atoms with Crippen molar-refractivity contribution in [2.24, 2.45) is 0 Å². The number of anilines is 1. The Morgan fingerprint density at radius 3 is 2.45 bits per heavy atom. The monoisotopic (exact) mass is 529 g/mol. The molecule has 0 radical (unpaired) electrons. The molecular weight excluding hydrogens is 489 g/mol. The lowest BCUT2D eigenvalue weighted by molar-refractivity contribution is 0.0962. The van der Waals surface area contributed by atoms with Gasteiger partial charge < -0.3 is 29.5 Å². The zero-order valence-corrected chi connectivity index (χ0v) is 23.3. The van der Waals surface area contributed by atoms with Crippen molar-refractivity contribution in [3.63, 3.8) is 0 Å². The van der Waals surface area contributed by atoms with Gasteiger partial charge in [-0.05, 0) is 55.9 Å². The summed E-state index contributed by atoms with van der Waals surface area (Å²) in [7, 11) is 1.61. The van der Waals surface area contributed by atoms with Gasteiger partial charge in [-0.1, -0.05) is 20.8 Å². The summed E-state index contributed by atoms with van der Waals surface area (Å²) in [6.45, 7) is 11.2. The highest BCUT2D eigenvalue weighted by Crippen LogP contribution is 2.40. The molecule has 0 saturated heterocycles. The van der Waals surface area contributed by atoms with E-state index in [0.29, 0.717) is 47.9 Å². The van der Waals surface area contributed by atoms with Crippen LogP contribution in [0.3, 0.4) is 0 Å². The Bertz CT molecular complexity index is 1180. The number of hydrogen-bond donors (Lipinski definition) is 3. The number of carbonyl (C=O) groups is 1. The van der Waals surface area contributed by atoms with Crippen molar-refractivity contribution >= 4 is 17.3 Å². The summed E-state index contributed by atoms with van der Waals surface area (Å²) >= 11 is 0. The normalized spacial score (nSPS) is 12.9. The van der Waals surface area contributed by atoms with E-state index in [4.69, 9.17) is 24.7 Å². The van der Waals surface area contributed by atoms with Crippen LogP contribution in [0.25, 0.3) is 0 Å². The van der Waals surface area contributed by atoms with Gasteiger partial charge in [0.2, 0.25) is 0 Å². The van der Waals surface area contributed by atoms with E-state index in [-0.39, 0.29) is 54.7 Å². The van der Waals surface area contributed by atoms with E-state index in [1.807, 2.05) is 13.0 Å². The molecular formula is C29H40FN3O5. The van der Waals surface area contributed by atoms with Crippen molar-refractivity contribution in [3.8, 4) is 17.2 Å². The number of amidine groups is 1. The molecule has 0 fully saturated rings. The number of nitrogens with one attached hydrogen (secondary N) is 2. The van der Waals surface area contributed by atoms with Gasteiger partial charge in [-0.3, -0.25) is 10.2 Å². The zero-order valence-electron chi connectivity index (χ0n) is 23.3. The van der Waals surface area contributed by atoms with E-state index in [2.05, 4.69) is 26.1 Å². The second-order valence-corrected chi connectivity index (χ2v) is 10.3. The predicted molar refractivity (Wildman–Crippen MR) is 147 cm³/mol. The van der Waals surface area contributed by atoms with Crippen LogP contribution >= 0.6 is 0 Å². The molecule has 208 valence electrons. The number of hydrogen-bond acceptors (Lipinski definition) is 7. The van der Waals surface area contributed by atoms with E-state index >= 15 is 4.39 Å². The molecule has 0 bridgehead atoms. The molecule has 3 N–H and O–H groups in total. The summed E-state index contributed by atoms with van der Waals surface area (Å²) < 4.78 is 32.2. The van der Waals surface area contributed by atoms with Crippen LogP contribution in [0, 0.1) is 11.2 Å². The van der Waals surface area contributed by atoms with E-state index < -0.39 is 5.82 Å². The molecule has 0 aromatic heterocycles. The van der Waals surface area contributed by atoms with E-state index in [0.717, 1.165) is 12.0 Å². The quantitative estimate of drug-likeness (QED) is 0.244. The molecule has 9 heteroatoms. The summed E-state index contributed by atoms with van der Waals surface area (Å²) in [6.07, 6.45) is 1.44. The number of aliphatic hydroxyl groups excluding tert-OH is 1. The topological polar surface area (TPSA) is 104 Å². The third-order valence-corrected chi connectivity index (χ3v) is 6.43. The maximum absolute atomic E-state index is 15.4. The van der Waals surface area contributed by atoms with Crippen LogP contribution in [-0.2, 0) is 12.0 Å². The van der Waals surface area contributed by atoms with Crippen molar-refractivity contribution in [1.29, 1.82) is 5.41 Å². The number of ketones is 1.